The first-order chi connectivity index (χ1) is 15.7. The molecule has 1 aromatic heterocycles. The van der Waals surface area contributed by atoms with Crippen molar-refractivity contribution in [3.8, 4) is 0 Å². The van der Waals surface area contributed by atoms with E-state index in [-0.39, 0.29) is 11.8 Å². The van der Waals surface area contributed by atoms with Crippen LogP contribution in [0.1, 0.15) is 34.3 Å². The van der Waals surface area contributed by atoms with Crippen LogP contribution in [-0.2, 0) is 17.8 Å². The number of nitrogens with zero attached hydrogens (tertiary/aromatic N) is 2. The molecule has 0 saturated carbocycles. The molecular formula is C27H25N3O2. The number of nitrogens with one attached hydrogen (secondary N) is 1. The van der Waals surface area contributed by atoms with Crippen LogP contribution in [0.2, 0.25) is 0 Å². The second-order valence-electron chi connectivity index (χ2n) is 8.24. The average Bonchev–Trinajstić information content (AvgIpc) is 2.85. The zero-order valence-corrected chi connectivity index (χ0v) is 17.9. The lowest BCUT2D eigenvalue weighted by molar-refractivity contribution is -0.132. The Kier molecular flexibility index (Phi) is 5.55. The molecule has 0 radical (unpaired) electrons. The van der Waals surface area contributed by atoms with E-state index in [4.69, 9.17) is 0 Å². The summed E-state index contributed by atoms with van der Waals surface area (Å²) in [5.74, 6) is -0.00891. The number of fused-ring (bicyclic) bond motifs is 4. The zero-order valence-electron chi connectivity index (χ0n) is 17.9. The normalized spacial score (nSPS) is 13.2. The lowest BCUT2D eigenvalue weighted by atomic mass is 9.99. The van der Waals surface area contributed by atoms with Gasteiger partial charge in [-0.25, -0.2) is 0 Å². The molecule has 2 heterocycles. The number of hydrogen-bond acceptors (Lipinski definition) is 3. The summed E-state index contributed by atoms with van der Waals surface area (Å²) in [5.41, 5.74) is 3.83. The van der Waals surface area contributed by atoms with E-state index in [1.165, 1.54) is 11.1 Å². The third-order valence-corrected chi connectivity index (χ3v) is 6.19. The van der Waals surface area contributed by atoms with Crippen LogP contribution in [0.4, 0.5) is 0 Å². The topological polar surface area (TPSA) is 62.3 Å². The highest BCUT2D eigenvalue weighted by Crippen LogP contribution is 2.27. The number of carbonyl (C=O) groups excluding carboxylic acids is 2. The van der Waals surface area contributed by atoms with Gasteiger partial charge in [-0.05, 0) is 46.9 Å². The smallest absolute Gasteiger partial charge is 0.253 e. The van der Waals surface area contributed by atoms with Crippen molar-refractivity contribution >= 4 is 33.5 Å². The maximum absolute atomic E-state index is 12.9. The molecule has 3 aromatic carbocycles. The molecule has 0 bridgehead atoms. The van der Waals surface area contributed by atoms with Gasteiger partial charge in [0.15, 0.2) is 0 Å². The highest BCUT2D eigenvalue weighted by molar-refractivity contribution is 6.15. The largest absolute Gasteiger partial charge is 0.352 e. The number of hydrogen-bond donors (Lipinski definition) is 1. The van der Waals surface area contributed by atoms with Crippen LogP contribution in [0.25, 0.3) is 21.7 Å². The Morgan fingerprint density at radius 2 is 1.72 bits per heavy atom. The highest BCUT2D eigenvalue weighted by Gasteiger charge is 2.20. The minimum Gasteiger partial charge on any atom is -0.352 e. The summed E-state index contributed by atoms with van der Waals surface area (Å²) >= 11 is 0. The number of pyridine rings is 1. The standard InChI is InChI=1S/C27H25N3O2/c31-25(30-16-13-19-7-1-2-9-21(19)18-30)12-6-15-29-27(32)24-17-20-8-3-4-10-22(20)23-11-5-14-28-26(23)24/h1-5,7-11,14,17H,6,12-13,15-16,18H2,(H,29,32). The third kappa shape index (κ3) is 3.94. The van der Waals surface area contributed by atoms with Gasteiger partial charge >= 0.3 is 0 Å². The molecule has 0 atom stereocenters. The van der Waals surface area contributed by atoms with Crippen LogP contribution < -0.4 is 5.32 Å². The van der Waals surface area contributed by atoms with Crippen molar-refractivity contribution in [2.75, 3.05) is 13.1 Å². The van der Waals surface area contributed by atoms with E-state index in [1.54, 1.807) is 6.20 Å². The summed E-state index contributed by atoms with van der Waals surface area (Å²) < 4.78 is 0. The number of aromatic nitrogens is 1. The molecule has 5 nitrogen and oxygen atoms in total. The molecule has 4 aromatic rings. The van der Waals surface area contributed by atoms with Crippen LogP contribution in [0.3, 0.4) is 0 Å². The molecule has 32 heavy (non-hydrogen) atoms. The molecule has 5 heteroatoms. The van der Waals surface area contributed by atoms with Gasteiger partial charge in [0.05, 0.1) is 11.1 Å². The van der Waals surface area contributed by atoms with Crippen LogP contribution in [0, 0.1) is 0 Å². The molecule has 0 aliphatic carbocycles. The molecule has 160 valence electrons. The first-order valence-electron chi connectivity index (χ1n) is 11.1. The summed E-state index contributed by atoms with van der Waals surface area (Å²) in [5, 5.41) is 6.05. The number of benzene rings is 3. The van der Waals surface area contributed by atoms with Gasteiger partial charge in [0, 0.05) is 37.6 Å². The van der Waals surface area contributed by atoms with Gasteiger partial charge in [0.25, 0.3) is 5.91 Å². The van der Waals surface area contributed by atoms with Crippen molar-refractivity contribution in [3.63, 3.8) is 0 Å². The molecule has 0 unspecified atom stereocenters. The summed E-state index contributed by atoms with van der Waals surface area (Å²) in [6.07, 6.45) is 3.66. The molecule has 1 aliphatic rings. The molecule has 0 saturated heterocycles. The van der Waals surface area contributed by atoms with Crippen molar-refractivity contribution in [3.05, 3.63) is 89.6 Å². The van der Waals surface area contributed by atoms with Gasteiger partial charge in [0.2, 0.25) is 5.91 Å². The van der Waals surface area contributed by atoms with Gasteiger partial charge in [0.1, 0.15) is 0 Å². The second-order valence-corrected chi connectivity index (χ2v) is 8.24. The molecule has 0 fully saturated rings. The fourth-order valence-electron chi connectivity index (χ4n) is 4.51. The van der Waals surface area contributed by atoms with E-state index in [0.717, 1.165) is 29.1 Å². The molecule has 1 N–H and O–H groups in total. The van der Waals surface area contributed by atoms with Gasteiger partial charge in [-0.2, -0.15) is 0 Å². The monoisotopic (exact) mass is 423 g/mol. The molecule has 1 aliphatic heterocycles. The predicted octanol–water partition coefficient (Wildman–Crippen LogP) is 4.48. The predicted molar refractivity (Wildman–Crippen MR) is 126 cm³/mol. The van der Waals surface area contributed by atoms with E-state index >= 15 is 0 Å². The summed E-state index contributed by atoms with van der Waals surface area (Å²) in [6, 6.07) is 22.1. The van der Waals surface area contributed by atoms with Crippen molar-refractivity contribution in [1.29, 1.82) is 0 Å². The van der Waals surface area contributed by atoms with E-state index in [9.17, 15) is 9.59 Å². The third-order valence-electron chi connectivity index (χ3n) is 6.19. The zero-order chi connectivity index (χ0) is 21.9. The van der Waals surface area contributed by atoms with Crippen LogP contribution in [0.15, 0.2) is 72.9 Å². The van der Waals surface area contributed by atoms with E-state index < -0.39 is 0 Å². The minimum atomic E-state index is -0.154. The molecular weight excluding hydrogens is 398 g/mol. The van der Waals surface area contributed by atoms with Crippen molar-refractivity contribution < 1.29 is 9.59 Å². The summed E-state index contributed by atoms with van der Waals surface area (Å²) in [6.45, 7) is 1.89. The summed E-state index contributed by atoms with van der Waals surface area (Å²) in [7, 11) is 0. The Balaban J connectivity index is 1.21. The maximum atomic E-state index is 12.9. The van der Waals surface area contributed by atoms with Crippen molar-refractivity contribution in [1.82, 2.24) is 15.2 Å². The average molecular weight is 424 g/mol. The minimum absolute atomic E-state index is 0.145. The van der Waals surface area contributed by atoms with Crippen LogP contribution in [-0.4, -0.2) is 34.8 Å². The number of amides is 2. The Morgan fingerprint density at radius 1 is 0.938 bits per heavy atom. The fraction of sp³-hybridized carbons (Fsp3) is 0.222. The van der Waals surface area contributed by atoms with Crippen molar-refractivity contribution in [2.24, 2.45) is 0 Å². The Labute approximate surface area is 187 Å². The summed E-state index contributed by atoms with van der Waals surface area (Å²) in [4.78, 5) is 32.0. The maximum Gasteiger partial charge on any atom is 0.253 e. The number of carbonyl (C=O) groups is 2. The van der Waals surface area contributed by atoms with Gasteiger partial charge < -0.3 is 10.2 Å². The first kappa shape index (κ1) is 20.2. The Bertz CT molecular complexity index is 1310. The van der Waals surface area contributed by atoms with Crippen LogP contribution in [0.5, 0.6) is 0 Å². The van der Waals surface area contributed by atoms with E-state index in [2.05, 4.69) is 22.4 Å². The molecule has 0 spiro atoms. The van der Waals surface area contributed by atoms with Gasteiger partial charge in [-0.3, -0.25) is 14.6 Å². The SMILES string of the molecule is O=C(NCCCC(=O)N1CCc2ccccc2C1)c1cc2ccccc2c2cccnc12. The number of rotatable bonds is 5. The lowest BCUT2D eigenvalue weighted by Gasteiger charge is -2.29. The Hall–Kier alpha value is -3.73. The molecule has 5 rings (SSSR count). The molecule has 2 amide bonds. The fourth-order valence-corrected chi connectivity index (χ4v) is 4.51. The lowest BCUT2D eigenvalue weighted by Crippen LogP contribution is -2.36. The van der Waals surface area contributed by atoms with Gasteiger partial charge in [-0.15, -0.1) is 0 Å². The second kappa shape index (κ2) is 8.79. The van der Waals surface area contributed by atoms with Crippen LogP contribution >= 0.6 is 0 Å². The quantitative estimate of drug-likeness (QED) is 0.380. The van der Waals surface area contributed by atoms with E-state index in [0.29, 0.717) is 37.0 Å². The highest BCUT2D eigenvalue weighted by atomic mass is 16.2. The first-order valence-corrected chi connectivity index (χ1v) is 11.1. The van der Waals surface area contributed by atoms with E-state index in [1.807, 2.05) is 59.5 Å². The Morgan fingerprint density at radius 3 is 2.62 bits per heavy atom. The van der Waals surface area contributed by atoms with Crippen molar-refractivity contribution in [2.45, 2.75) is 25.8 Å². The van der Waals surface area contributed by atoms with Gasteiger partial charge in [-0.1, -0.05) is 54.6 Å².